The number of likely N-dealkylation sites (tertiary alicyclic amines) is 1. The molecule has 1 aliphatic heterocycles. The molecule has 1 aromatic carbocycles. The van der Waals surface area contributed by atoms with E-state index in [1.54, 1.807) is 11.1 Å². The van der Waals surface area contributed by atoms with Crippen molar-refractivity contribution in [3.8, 4) is 0 Å². The maximum Gasteiger partial charge on any atom is 0.0139 e. The molecule has 16 heavy (non-hydrogen) atoms. The summed E-state index contributed by atoms with van der Waals surface area (Å²) < 4.78 is 0. The summed E-state index contributed by atoms with van der Waals surface area (Å²) in [6.07, 6.45) is 8.22. The Labute approximate surface area is 98.5 Å². The maximum absolute atomic E-state index is 2.74. The zero-order valence-corrected chi connectivity index (χ0v) is 9.99. The Hall–Kier alpha value is -0.820. The van der Waals surface area contributed by atoms with Crippen LogP contribution in [-0.2, 0) is 12.8 Å². The van der Waals surface area contributed by atoms with Crippen LogP contribution in [0.15, 0.2) is 24.3 Å². The summed E-state index contributed by atoms with van der Waals surface area (Å²) in [6.45, 7) is 2.68. The molecule has 1 unspecified atom stereocenters. The molecular weight excluding hydrogens is 194 g/mol. The van der Waals surface area contributed by atoms with Gasteiger partial charge in [0.1, 0.15) is 0 Å². The van der Waals surface area contributed by atoms with Gasteiger partial charge in [0.25, 0.3) is 0 Å². The van der Waals surface area contributed by atoms with Gasteiger partial charge in [-0.25, -0.2) is 0 Å². The fourth-order valence-electron chi connectivity index (χ4n) is 3.27. The van der Waals surface area contributed by atoms with E-state index in [0.29, 0.717) is 0 Å². The Morgan fingerprint density at radius 3 is 2.50 bits per heavy atom. The third-order valence-electron chi connectivity index (χ3n) is 4.23. The predicted octanol–water partition coefficient (Wildman–Crippen LogP) is 3.03. The lowest BCUT2D eigenvalue weighted by atomic mass is 9.87. The van der Waals surface area contributed by atoms with Crippen LogP contribution in [-0.4, -0.2) is 24.0 Å². The number of nitrogens with zero attached hydrogens (tertiary/aromatic N) is 1. The number of benzene rings is 1. The number of hydrogen-bond acceptors (Lipinski definition) is 1. The van der Waals surface area contributed by atoms with E-state index in [4.69, 9.17) is 0 Å². The lowest BCUT2D eigenvalue weighted by Gasteiger charge is -2.37. The largest absolute Gasteiger partial charge is 0.300 e. The highest BCUT2D eigenvalue weighted by Gasteiger charge is 2.24. The topological polar surface area (TPSA) is 3.24 Å². The molecule has 3 rings (SSSR count). The van der Waals surface area contributed by atoms with Crippen molar-refractivity contribution in [2.24, 2.45) is 0 Å². The molecule has 0 saturated carbocycles. The van der Waals surface area contributed by atoms with E-state index in [2.05, 4.69) is 29.2 Å². The summed E-state index contributed by atoms with van der Waals surface area (Å²) in [5.41, 5.74) is 3.19. The predicted molar refractivity (Wildman–Crippen MR) is 67.7 cm³/mol. The molecule has 1 fully saturated rings. The molecule has 0 amide bonds. The number of rotatable bonds is 1. The zero-order valence-electron chi connectivity index (χ0n) is 9.99. The second kappa shape index (κ2) is 4.58. The average Bonchev–Trinajstić information content (AvgIpc) is 2.39. The highest BCUT2D eigenvalue weighted by Crippen LogP contribution is 2.26. The van der Waals surface area contributed by atoms with Crippen molar-refractivity contribution in [2.75, 3.05) is 13.1 Å². The molecule has 86 valence electrons. The minimum Gasteiger partial charge on any atom is -0.300 e. The second-order valence-corrected chi connectivity index (χ2v) is 5.26. The van der Waals surface area contributed by atoms with Gasteiger partial charge < -0.3 is 4.90 Å². The van der Waals surface area contributed by atoms with Gasteiger partial charge >= 0.3 is 0 Å². The van der Waals surface area contributed by atoms with E-state index in [1.165, 1.54) is 51.6 Å². The first-order valence-electron chi connectivity index (χ1n) is 6.74. The first-order chi connectivity index (χ1) is 7.93. The second-order valence-electron chi connectivity index (χ2n) is 5.26. The van der Waals surface area contributed by atoms with Gasteiger partial charge in [0.05, 0.1) is 0 Å². The van der Waals surface area contributed by atoms with Crippen molar-refractivity contribution in [3.05, 3.63) is 35.4 Å². The average molecular weight is 215 g/mol. The molecule has 0 spiro atoms. The van der Waals surface area contributed by atoms with Gasteiger partial charge in [0.2, 0.25) is 0 Å². The Balaban J connectivity index is 1.72. The molecule has 0 radical (unpaired) electrons. The summed E-state index contributed by atoms with van der Waals surface area (Å²) in [5.74, 6) is 0. The SMILES string of the molecule is c1ccc2c(c1)CCC(N1CCCCC1)C2. The monoisotopic (exact) mass is 215 g/mol. The molecule has 2 aliphatic rings. The van der Waals surface area contributed by atoms with Crippen LogP contribution in [0.1, 0.15) is 36.8 Å². The molecule has 1 aliphatic carbocycles. The van der Waals surface area contributed by atoms with Crippen LogP contribution in [0, 0.1) is 0 Å². The lowest BCUT2D eigenvalue weighted by Crippen LogP contribution is -2.42. The minimum atomic E-state index is 0.829. The quantitative estimate of drug-likeness (QED) is 0.696. The Morgan fingerprint density at radius 2 is 1.69 bits per heavy atom. The highest BCUT2D eigenvalue weighted by molar-refractivity contribution is 5.30. The van der Waals surface area contributed by atoms with Crippen LogP contribution in [0.5, 0.6) is 0 Å². The van der Waals surface area contributed by atoms with Crippen LogP contribution >= 0.6 is 0 Å². The minimum absolute atomic E-state index is 0.829. The van der Waals surface area contributed by atoms with E-state index in [-0.39, 0.29) is 0 Å². The van der Waals surface area contributed by atoms with E-state index in [1.807, 2.05) is 0 Å². The first kappa shape index (κ1) is 10.3. The Kier molecular flexibility index (Phi) is 2.96. The number of hydrogen-bond donors (Lipinski definition) is 0. The molecule has 1 heteroatoms. The summed E-state index contributed by atoms with van der Waals surface area (Å²) in [4.78, 5) is 2.74. The maximum atomic E-state index is 2.74. The standard InChI is InChI=1S/C15H21N/c1-4-10-16(11-5-1)15-9-8-13-6-2-3-7-14(13)12-15/h2-3,6-7,15H,1,4-5,8-12H2. The molecular formula is C15H21N. The zero-order chi connectivity index (χ0) is 10.8. The molecule has 1 saturated heterocycles. The van der Waals surface area contributed by atoms with Crippen molar-refractivity contribution in [2.45, 2.75) is 44.6 Å². The summed E-state index contributed by atoms with van der Waals surface area (Å²) in [7, 11) is 0. The van der Waals surface area contributed by atoms with E-state index in [9.17, 15) is 0 Å². The molecule has 1 aromatic rings. The lowest BCUT2D eigenvalue weighted by molar-refractivity contribution is 0.150. The van der Waals surface area contributed by atoms with Gasteiger partial charge in [-0.2, -0.15) is 0 Å². The van der Waals surface area contributed by atoms with E-state index < -0.39 is 0 Å². The van der Waals surface area contributed by atoms with Crippen LogP contribution in [0.3, 0.4) is 0 Å². The van der Waals surface area contributed by atoms with Crippen molar-refractivity contribution < 1.29 is 0 Å². The van der Waals surface area contributed by atoms with Gasteiger partial charge in [-0.3, -0.25) is 0 Å². The van der Waals surface area contributed by atoms with Crippen molar-refractivity contribution in [1.82, 2.24) is 4.90 Å². The summed E-state index contributed by atoms with van der Waals surface area (Å²) >= 11 is 0. The van der Waals surface area contributed by atoms with Gasteiger partial charge in [-0.05, 0) is 56.3 Å². The molecule has 0 N–H and O–H groups in total. The third-order valence-corrected chi connectivity index (χ3v) is 4.23. The van der Waals surface area contributed by atoms with Crippen molar-refractivity contribution >= 4 is 0 Å². The van der Waals surface area contributed by atoms with Gasteiger partial charge in [-0.15, -0.1) is 0 Å². The van der Waals surface area contributed by atoms with Crippen molar-refractivity contribution in [3.63, 3.8) is 0 Å². The van der Waals surface area contributed by atoms with Gasteiger partial charge in [0, 0.05) is 6.04 Å². The van der Waals surface area contributed by atoms with Crippen molar-refractivity contribution in [1.29, 1.82) is 0 Å². The van der Waals surface area contributed by atoms with E-state index >= 15 is 0 Å². The van der Waals surface area contributed by atoms with Crippen LogP contribution < -0.4 is 0 Å². The van der Waals surface area contributed by atoms with E-state index in [0.717, 1.165) is 6.04 Å². The molecule has 0 bridgehead atoms. The molecule has 1 nitrogen and oxygen atoms in total. The number of piperidine rings is 1. The fraction of sp³-hybridized carbons (Fsp3) is 0.600. The van der Waals surface area contributed by atoms with Crippen LogP contribution in [0.2, 0.25) is 0 Å². The normalized spacial score (nSPS) is 26.4. The molecule has 0 aromatic heterocycles. The third kappa shape index (κ3) is 2.01. The highest BCUT2D eigenvalue weighted by atomic mass is 15.2. The van der Waals surface area contributed by atoms with Crippen LogP contribution in [0.25, 0.3) is 0 Å². The number of fused-ring (bicyclic) bond motifs is 1. The van der Waals surface area contributed by atoms with Crippen LogP contribution in [0.4, 0.5) is 0 Å². The summed E-state index contributed by atoms with van der Waals surface area (Å²) in [6, 6.07) is 9.83. The van der Waals surface area contributed by atoms with Gasteiger partial charge in [0.15, 0.2) is 0 Å². The number of aryl methyl sites for hydroxylation is 1. The summed E-state index contributed by atoms with van der Waals surface area (Å²) in [5, 5.41) is 0. The van der Waals surface area contributed by atoms with Gasteiger partial charge in [-0.1, -0.05) is 30.7 Å². The molecule has 1 heterocycles. The smallest absolute Gasteiger partial charge is 0.0139 e. The Morgan fingerprint density at radius 1 is 0.938 bits per heavy atom. The fourth-order valence-corrected chi connectivity index (χ4v) is 3.27. The first-order valence-corrected chi connectivity index (χ1v) is 6.74. The Bertz CT molecular complexity index is 352. The molecule has 1 atom stereocenters.